The maximum absolute atomic E-state index is 14.3. The number of hydrogen-bond donors (Lipinski definition) is 0. The second-order valence-electron chi connectivity index (χ2n) is 12.8. The van der Waals surface area contributed by atoms with Crippen molar-refractivity contribution in [3.05, 3.63) is 54.3 Å². The molecule has 45 heavy (non-hydrogen) atoms. The van der Waals surface area contributed by atoms with Gasteiger partial charge in [0.2, 0.25) is 0 Å². The van der Waals surface area contributed by atoms with Crippen molar-refractivity contribution in [3.8, 4) is 0 Å². The Kier molecular flexibility index (Phi) is 15.9. The highest BCUT2D eigenvalue weighted by atomic mass is 79.9. The fourth-order valence-electron chi connectivity index (χ4n) is 6.70. The average Bonchev–Trinajstić information content (AvgIpc) is 3.82. The highest BCUT2D eigenvalue weighted by molar-refractivity contribution is 9.11. The van der Waals surface area contributed by atoms with E-state index in [9.17, 15) is 9.59 Å². The molecule has 2 aromatic rings. The zero-order valence-electron chi connectivity index (χ0n) is 27.8. The Morgan fingerprint density at radius 3 is 1.36 bits per heavy atom. The third kappa shape index (κ3) is 10.1. The Hall–Kier alpha value is -1.70. The van der Waals surface area contributed by atoms with Crippen LogP contribution in [-0.2, 0) is 9.59 Å². The van der Waals surface area contributed by atoms with E-state index in [4.69, 9.17) is 0 Å². The molecule has 0 saturated heterocycles. The molecule has 2 aliphatic heterocycles. The van der Waals surface area contributed by atoms with Crippen LogP contribution in [0.5, 0.6) is 0 Å². The number of rotatable bonds is 24. The number of carbonyl (C=O) groups excluding carboxylic acids is 2. The highest BCUT2D eigenvalue weighted by Crippen LogP contribution is 2.48. The predicted molar refractivity (Wildman–Crippen MR) is 197 cm³/mol. The largest absolute Gasteiger partial charge is 0.306 e. The van der Waals surface area contributed by atoms with Gasteiger partial charge in [0.15, 0.2) is 0 Å². The van der Waals surface area contributed by atoms with E-state index in [1.54, 1.807) is 22.7 Å². The van der Waals surface area contributed by atoms with Crippen molar-refractivity contribution in [3.63, 3.8) is 0 Å². The summed E-state index contributed by atoms with van der Waals surface area (Å²) in [4.78, 5) is 34.4. The van der Waals surface area contributed by atoms with Crippen LogP contribution >= 0.6 is 38.6 Å². The molecular weight excluding hydrogens is 660 g/mol. The molecule has 0 N–H and O–H groups in total. The Balaban J connectivity index is 1.41. The molecule has 2 aromatic heterocycles. The van der Waals surface area contributed by atoms with Crippen molar-refractivity contribution < 1.29 is 9.59 Å². The summed E-state index contributed by atoms with van der Waals surface area (Å²) in [7, 11) is 0. The smallest absolute Gasteiger partial charge is 0.261 e. The van der Waals surface area contributed by atoms with Crippen LogP contribution in [0.15, 0.2) is 44.6 Å². The van der Waals surface area contributed by atoms with Gasteiger partial charge in [-0.3, -0.25) is 9.59 Å². The molecular formula is C38H55BrN2O2S2. The number of thiophene rings is 2. The molecule has 2 amide bonds. The first-order valence-corrected chi connectivity index (χ1v) is 20.5. The van der Waals surface area contributed by atoms with Gasteiger partial charge in [0.05, 0.1) is 36.1 Å². The molecule has 0 aromatic carbocycles. The van der Waals surface area contributed by atoms with E-state index in [0.29, 0.717) is 24.2 Å². The summed E-state index contributed by atoms with van der Waals surface area (Å²) in [6.07, 6.45) is 25.2. The van der Waals surface area contributed by atoms with Crippen molar-refractivity contribution in [2.24, 2.45) is 0 Å². The molecule has 0 radical (unpaired) electrons. The molecule has 4 heterocycles. The number of amides is 2. The maximum Gasteiger partial charge on any atom is 0.261 e. The normalized spacial score (nSPS) is 15.0. The van der Waals surface area contributed by atoms with Crippen LogP contribution in [-0.4, -0.2) is 34.7 Å². The van der Waals surface area contributed by atoms with Gasteiger partial charge in [0, 0.05) is 13.1 Å². The lowest BCUT2D eigenvalue weighted by Gasteiger charge is -2.24. The predicted octanol–water partition coefficient (Wildman–Crippen LogP) is 12.2. The van der Waals surface area contributed by atoms with Crippen LogP contribution in [0.3, 0.4) is 0 Å². The fraction of sp³-hybridized carbons (Fsp3) is 0.632. The van der Waals surface area contributed by atoms with Crippen molar-refractivity contribution in [2.75, 3.05) is 13.1 Å². The van der Waals surface area contributed by atoms with E-state index < -0.39 is 0 Å². The molecule has 0 saturated carbocycles. The quantitative estimate of drug-likeness (QED) is 0.102. The van der Waals surface area contributed by atoms with Crippen LogP contribution in [0.1, 0.15) is 152 Å². The number of fused-ring (bicyclic) bond motifs is 1. The molecule has 4 rings (SSSR count). The maximum atomic E-state index is 14.3. The van der Waals surface area contributed by atoms with Crippen LogP contribution < -0.4 is 0 Å². The summed E-state index contributed by atoms with van der Waals surface area (Å²) in [5.74, 6) is 0.00513. The van der Waals surface area contributed by atoms with Crippen molar-refractivity contribution in [1.29, 1.82) is 0 Å². The summed E-state index contributed by atoms with van der Waals surface area (Å²) >= 11 is 6.86. The summed E-state index contributed by atoms with van der Waals surface area (Å²) in [5.41, 5.74) is 2.91. The second kappa shape index (κ2) is 19.8. The van der Waals surface area contributed by atoms with Gasteiger partial charge in [-0.05, 0) is 52.4 Å². The fourth-order valence-corrected chi connectivity index (χ4v) is 8.94. The van der Waals surface area contributed by atoms with Crippen molar-refractivity contribution in [2.45, 2.75) is 142 Å². The molecule has 4 nitrogen and oxygen atoms in total. The zero-order chi connectivity index (χ0) is 31.9. The van der Waals surface area contributed by atoms with Crippen molar-refractivity contribution >= 4 is 61.8 Å². The topological polar surface area (TPSA) is 40.6 Å². The summed E-state index contributed by atoms with van der Waals surface area (Å²) in [6.45, 7) is 5.86. The van der Waals surface area contributed by atoms with Crippen LogP contribution in [0, 0.1) is 0 Å². The number of carbonyl (C=O) groups is 2. The zero-order valence-corrected chi connectivity index (χ0v) is 31.1. The monoisotopic (exact) mass is 714 g/mol. The number of nitrogens with zero attached hydrogens (tertiary/aromatic N) is 2. The first-order valence-electron chi connectivity index (χ1n) is 18.0. The van der Waals surface area contributed by atoms with Crippen LogP contribution in [0.25, 0.3) is 11.4 Å². The van der Waals surface area contributed by atoms with E-state index in [1.165, 1.54) is 103 Å². The van der Waals surface area contributed by atoms with Crippen molar-refractivity contribution in [1.82, 2.24) is 9.80 Å². The SMILES string of the molecule is CCCCCCCCCCCCN1C(=O)C2=C(c3ccc(Br)s3)N(CCCCCCCCCCCC)C(=O)C2=C1c1cccs1. The minimum Gasteiger partial charge on any atom is -0.306 e. The molecule has 0 spiro atoms. The van der Waals surface area contributed by atoms with Gasteiger partial charge in [0.25, 0.3) is 11.8 Å². The molecule has 0 unspecified atom stereocenters. The molecule has 0 fully saturated rings. The standard InChI is InChI=1S/C38H55BrN2O2S2/c1-3-5-7-9-11-13-15-17-19-21-27-40-35(30-24-23-29-44-30)33-34(38(40)43)36(31-25-26-32(39)45-31)41(37(33)42)28-22-20-18-16-14-12-10-8-6-4-2/h23-26,29H,3-22,27-28H2,1-2H3. The minimum atomic E-state index is 0.00256. The van der Waals surface area contributed by atoms with E-state index in [2.05, 4.69) is 41.9 Å². The molecule has 0 atom stereocenters. The number of unbranched alkanes of at least 4 members (excludes halogenated alkanes) is 18. The van der Waals surface area contributed by atoms with E-state index in [1.807, 2.05) is 27.3 Å². The average molecular weight is 716 g/mol. The first-order chi connectivity index (χ1) is 22.1. The van der Waals surface area contributed by atoms with Crippen LogP contribution in [0.4, 0.5) is 0 Å². The molecule has 248 valence electrons. The Bertz CT molecular complexity index is 1260. The van der Waals surface area contributed by atoms with Gasteiger partial charge in [0.1, 0.15) is 0 Å². The van der Waals surface area contributed by atoms with Gasteiger partial charge in [-0.15, -0.1) is 22.7 Å². The van der Waals surface area contributed by atoms with Crippen LogP contribution in [0.2, 0.25) is 0 Å². The highest BCUT2D eigenvalue weighted by Gasteiger charge is 2.49. The van der Waals surface area contributed by atoms with Gasteiger partial charge in [-0.2, -0.15) is 0 Å². The van der Waals surface area contributed by atoms with E-state index >= 15 is 0 Å². The number of hydrogen-bond acceptors (Lipinski definition) is 4. The minimum absolute atomic E-state index is 0.00256. The van der Waals surface area contributed by atoms with E-state index in [0.717, 1.165) is 50.6 Å². The summed E-state index contributed by atoms with van der Waals surface area (Å²) < 4.78 is 1.01. The lowest BCUT2D eigenvalue weighted by molar-refractivity contribution is -0.124. The molecule has 2 aliphatic rings. The summed E-state index contributed by atoms with van der Waals surface area (Å²) in [6, 6.07) is 8.17. The Labute approximate surface area is 289 Å². The Morgan fingerprint density at radius 1 is 0.556 bits per heavy atom. The van der Waals surface area contributed by atoms with Gasteiger partial charge < -0.3 is 9.80 Å². The third-order valence-electron chi connectivity index (χ3n) is 9.21. The first kappa shape index (κ1) is 36.1. The molecule has 7 heteroatoms. The molecule has 0 bridgehead atoms. The van der Waals surface area contributed by atoms with Gasteiger partial charge >= 0.3 is 0 Å². The molecule has 0 aliphatic carbocycles. The number of halogens is 1. The Morgan fingerprint density at radius 2 is 0.978 bits per heavy atom. The van der Waals surface area contributed by atoms with Gasteiger partial charge in [-0.25, -0.2) is 0 Å². The van der Waals surface area contributed by atoms with Gasteiger partial charge in [-0.1, -0.05) is 135 Å². The third-order valence-corrected chi connectivity index (χ3v) is 11.7. The lowest BCUT2D eigenvalue weighted by Crippen LogP contribution is -2.30. The summed E-state index contributed by atoms with van der Waals surface area (Å²) in [5, 5.41) is 2.05. The lowest BCUT2D eigenvalue weighted by atomic mass is 10.1. The van der Waals surface area contributed by atoms with E-state index in [-0.39, 0.29) is 11.8 Å². The second-order valence-corrected chi connectivity index (χ2v) is 16.2.